The molecule has 0 aliphatic rings. The average Bonchev–Trinajstić information content (AvgIpc) is 2.36. The number of nitrogens with two attached hydrogens (primary N) is 1. The van der Waals surface area contributed by atoms with Crippen LogP contribution in [0.3, 0.4) is 0 Å². The van der Waals surface area contributed by atoms with Crippen LogP contribution < -0.4 is 5.73 Å². The van der Waals surface area contributed by atoms with E-state index >= 15 is 0 Å². The number of rotatable bonds is 8. The van der Waals surface area contributed by atoms with Crippen LogP contribution in [-0.2, 0) is 4.74 Å². The molecule has 18 heavy (non-hydrogen) atoms. The van der Waals surface area contributed by atoms with E-state index in [1.165, 1.54) is 12.1 Å². The summed E-state index contributed by atoms with van der Waals surface area (Å²) in [4.78, 5) is 2.22. The van der Waals surface area contributed by atoms with E-state index in [4.69, 9.17) is 10.5 Å². The third kappa shape index (κ3) is 5.58. The van der Waals surface area contributed by atoms with Crippen molar-refractivity contribution in [2.75, 3.05) is 33.9 Å². The molecule has 4 heteroatoms. The molecule has 0 bridgehead atoms. The van der Waals surface area contributed by atoms with Crippen LogP contribution in [0.2, 0.25) is 0 Å². The topological polar surface area (TPSA) is 38.5 Å². The third-order valence-electron chi connectivity index (χ3n) is 2.99. The molecule has 1 atom stereocenters. The quantitative estimate of drug-likeness (QED) is 0.723. The van der Waals surface area contributed by atoms with Gasteiger partial charge in [0.25, 0.3) is 0 Å². The molecule has 1 rings (SSSR count). The van der Waals surface area contributed by atoms with Gasteiger partial charge in [0.1, 0.15) is 5.82 Å². The Hall–Kier alpha value is -0.970. The molecule has 2 N–H and O–H groups in total. The lowest BCUT2D eigenvalue weighted by Crippen LogP contribution is -2.25. The minimum absolute atomic E-state index is 0.106. The number of ether oxygens (including phenoxy) is 1. The molecule has 0 aliphatic heterocycles. The zero-order valence-corrected chi connectivity index (χ0v) is 11.2. The fraction of sp³-hybridized carbons (Fsp3) is 0.571. The Kier molecular flexibility index (Phi) is 6.86. The highest BCUT2D eigenvalue weighted by atomic mass is 19.1. The predicted octanol–water partition coefficient (Wildman–Crippen LogP) is 2.18. The summed E-state index contributed by atoms with van der Waals surface area (Å²) in [6.45, 7) is 2.67. The van der Waals surface area contributed by atoms with Gasteiger partial charge < -0.3 is 15.4 Å². The van der Waals surface area contributed by atoms with E-state index in [0.717, 1.165) is 38.1 Å². The second-order valence-electron chi connectivity index (χ2n) is 4.60. The molecule has 0 aliphatic carbocycles. The van der Waals surface area contributed by atoms with Crippen molar-refractivity contribution < 1.29 is 9.13 Å². The number of nitrogens with zero attached hydrogens (tertiary/aromatic N) is 1. The van der Waals surface area contributed by atoms with Gasteiger partial charge in [-0.15, -0.1) is 0 Å². The van der Waals surface area contributed by atoms with E-state index < -0.39 is 0 Å². The van der Waals surface area contributed by atoms with Crippen LogP contribution in [0, 0.1) is 5.82 Å². The summed E-state index contributed by atoms with van der Waals surface area (Å²) in [5, 5.41) is 0. The summed E-state index contributed by atoms with van der Waals surface area (Å²) in [7, 11) is 3.77. The van der Waals surface area contributed by atoms with Gasteiger partial charge in [-0.25, -0.2) is 4.39 Å². The largest absolute Gasteiger partial charge is 0.385 e. The van der Waals surface area contributed by atoms with Gasteiger partial charge in [-0.2, -0.15) is 0 Å². The summed E-state index contributed by atoms with van der Waals surface area (Å²) < 4.78 is 18.1. The molecular weight excluding hydrogens is 231 g/mol. The highest BCUT2D eigenvalue weighted by Crippen LogP contribution is 2.15. The summed E-state index contributed by atoms with van der Waals surface area (Å²) in [5.74, 6) is -0.226. The van der Waals surface area contributed by atoms with Crippen molar-refractivity contribution in [1.29, 1.82) is 0 Å². The lowest BCUT2D eigenvalue weighted by atomic mass is 10.0. The molecule has 0 spiro atoms. The Morgan fingerprint density at radius 3 is 2.83 bits per heavy atom. The summed E-state index contributed by atoms with van der Waals surface area (Å²) >= 11 is 0. The minimum Gasteiger partial charge on any atom is -0.385 e. The van der Waals surface area contributed by atoms with E-state index in [1.54, 1.807) is 13.2 Å². The van der Waals surface area contributed by atoms with Gasteiger partial charge in [0.05, 0.1) is 0 Å². The molecule has 0 amide bonds. The molecule has 3 nitrogen and oxygen atoms in total. The van der Waals surface area contributed by atoms with Crippen LogP contribution in [0.5, 0.6) is 0 Å². The van der Waals surface area contributed by atoms with E-state index in [0.29, 0.717) is 0 Å². The standard InChI is InChI=1S/C14H23FN2O/c1-17(8-4-10-18-2)9-7-14(16)12-5-3-6-13(15)11-12/h3,5-6,11,14H,4,7-10,16H2,1-2H3. The predicted molar refractivity (Wildman–Crippen MR) is 71.9 cm³/mol. The second-order valence-corrected chi connectivity index (χ2v) is 4.60. The fourth-order valence-corrected chi connectivity index (χ4v) is 1.85. The first-order valence-electron chi connectivity index (χ1n) is 6.32. The van der Waals surface area contributed by atoms with Crippen molar-refractivity contribution in [1.82, 2.24) is 4.90 Å². The van der Waals surface area contributed by atoms with E-state index in [9.17, 15) is 4.39 Å². The van der Waals surface area contributed by atoms with Crippen LogP contribution >= 0.6 is 0 Å². The second kappa shape index (κ2) is 8.19. The summed E-state index contributed by atoms with van der Waals surface area (Å²) in [6, 6.07) is 6.42. The maximum atomic E-state index is 13.1. The van der Waals surface area contributed by atoms with Gasteiger partial charge >= 0.3 is 0 Å². The lowest BCUT2D eigenvalue weighted by Gasteiger charge is -2.19. The third-order valence-corrected chi connectivity index (χ3v) is 2.99. The van der Waals surface area contributed by atoms with Gasteiger partial charge in [0, 0.05) is 26.3 Å². The Labute approximate surface area is 109 Å². The summed E-state index contributed by atoms with van der Waals surface area (Å²) in [6.07, 6.45) is 1.84. The van der Waals surface area contributed by atoms with Crippen molar-refractivity contribution in [2.24, 2.45) is 5.73 Å². The van der Waals surface area contributed by atoms with Gasteiger partial charge in [-0.1, -0.05) is 12.1 Å². The van der Waals surface area contributed by atoms with Crippen LogP contribution in [0.1, 0.15) is 24.4 Å². The Bertz CT molecular complexity index is 346. The molecule has 1 aromatic rings. The first kappa shape index (κ1) is 15.1. The van der Waals surface area contributed by atoms with Crippen molar-refractivity contribution in [3.8, 4) is 0 Å². The van der Waals surface area contributed by atoms with Crippen LogP contribution in [0.15, 0.2) is 24.3 Å². The molecule has 102 valence electrons. The Balaban J connectivity index is 2.30. The van der Waals surface area contributed by atoms with Crippen molar-refractivity contribution >= 4 is 0 Å². The van der Waals surface area contributed by atoms with Crippen molar-refractivity contribution in [3.05, 3.63) is 35.6 Å². The Morgan fingerprint density at radius 2 is 2.17 bits per heavy atom. The maximum Gasteiger partial charge on any atom is 0.123 e. The number of halogens is 1. The normalized spacial score (nSPS) is 12.9. The Morgan fingerprint density at radius 1 is 1.39 bits per heavy atom. The number of methoxy groups -OCH3 is 1. The highest BCUT2D eigenvalue weighted by Gasteiger charge is 2.08. The molecule has 0 radical (unpaired) electrons. The van der Waals surface area contributed by atoms with Crippen LogP contribution in [0.25, 0.3) is 0 Å². The summed E-state index contributed by atoms with van der Waals surface area (Å²) in [5.41, 5.74) is 6.91. The zero-order valence-electron chi connectivity index (χ0n) is 11.2. The molecule has 0 fully saturated rings. The molecule has 1 unspecified atom stereocenters. The van der Waals surface area contributed by atoms with Crippen LogP contribution in [0.4, 0.5) is 4.39 Å². The van der Waals surface area contributed by atoms with Crippen molar-refractivity contribution in [3.63, 3.8) is 0 Å². The molecule has 0 heterocycles. The zero-order chi connectivity index (χ0) is 13.4. The molecule has 0 saturated heterocycles. The van der Waals surface area contributed by atoms with Gasteiger partial charge in [0.15, 0.2) is 0 Å². The molecular formula is C14H23FN2O. The lowest BCUT2D eigenvalue weighted by molar-refractivity contribution is 0.178. The van der Waals surface area contributed by atoms with E-state index in [-0.39, 0.29) is 11.9 Å². The first-order chi connectivity index (χ1) is 8.63. The first-order valence-corrected chi connectivity index (χ1v) is 6.32. The van der Waals surface area contributed by atoms with Crippen molar-refractivity contribution in [2.45, 2.75) is 18.9 Å². The van der Waals surface area contributed by atoms with Gasteiger partial charge in [0.2, 0.25) is 0 Å². The monoisotopic (exact) mass is 254 g/mol. The van der Waals surface area contributed by atoms with E-state index in [2.05, 4.69) is 11.9 Å². The number of hydrogen-bond acceptors (Lipinski definition) is 3. The molecule has 0 saturated carbocycles. The maximum absolute atomic E-state index is 13.1. The number of benzene rings is 1. The van der Waals surface area contributed by atoms with Crippen LogP contribution in [-0.4, -0.2) is 38.8 Å². The smallest absolute Gasteiger partial charge is 0.123 e. The SMILES string of the molecule is COCCCN(C)CCC(N)c1cccc(F)c1. The average molecular weight is 254 g/mol. The fourth-order valence-electron chi connectivity index (χ4n) is 1.85. The van der Waals surface area contributed by atoms with Gasteiger partial charge in [-0.05, 0) is 44.1 Å². The molecule has 1 aromatic carbocycles. The minimum atomic E-state index is -0.226. The molecule has 0 aromatic heterocycles. The number of hydrogen-bond donors (Lipinski definition) is 1. The van der Waals surface area contributed by atoms with E-state index in [1.807, 2.05) is 6.07 Å². The van der Waals surface area contributed by atoms with Gasteiger partial charge in [-0.3, -0.25) is 0 Å². The highest BCUT2D eigenvalue weighted by molar-refractivity contribution is 5.19.